The number of aliphatic hydroxyl groups excluding tert-OH is 1. The highest BCUT2D eigenvalue weighted by atomic mass is 16.6. The lowest BCUT2D eigenvalue weighted by molar-refractivity contribution is -0.239. The molecule has 0 saturated carbocycles. The summed E-state index contributed by atoms with van der Waals surface area (Å²) in [5.74, 6) is -2.23. The molecule has 0 spiro atoms. The molecule has 0 bridgehead atoms. The maximum Gasteiger partial charge on any atom is 0.339 e. The number of amides is 1. The van der Waals surface area contributed by atoms with Gasteiger partial charge in [-0.25, -0.2) is 4.79 Å². The van der Waals surface area contributed by atoms with E-state index in [1.165, 1.54) is 6.92 Å². The summed E-state index contributed by atoms with van der Waals surface area (Å²) in [5.41, 5.74) is -2.55. The number of hydrogen-bond acceptors (Lipinski definition) is 6. The van der Waals surface area contributed by atoms with Crippen LogP contribution in [0.1, 0.15) is 39.5 Å². The van der Waals surface area contributed by atoms with Crippen molar-refractivity contribution < 1.29 is 29.0 Å². The number of esters is 2. The molecule has 0 unspecified atom stereocenters. The van der Waals surface area contributed by atoms with Gasteiger partial charge >= 0.3 is 11.9 Å². The van der Waals surface area contributed by atoms with Crippen molar-refractivity contribution in [3.05, 3.63) is 12.2 Å². The highest BCUT2D eigenvalue weighted by molar-refractivity contribution is 6.01. The molecular formula is C17H23NO6. The molecule has 7 nitrogen and oxygen atoms in total. The van der Waals surface area contributed by atoms with Gasteiger partial charge in [0.05, 0.1) is 18.6 Å². The molecule has 3 rings (SSSR count). The number of allylic oxidation sites excluding steroid dienone is 1. The number of aliphatic hydroxyl groups is 1. The van der Waals surface area contributed by atoms with Crippen LogP contribution in [0.3, 0.4) is 0 Å². The summed E-state index contributed by atoms with van der Waals surface area (Å²) < 4.78 is 10.3. The van der Waals surface area contributed by atoms with Crippen molar-refractivity contribution in [1.82, 2.24) is 5.32 Å². The summed E-state index contributed by atoms with van der Waals surface area (Å²) in [6.07, 6.45) is 5.75. The van der Waals surface area contributed by atoms with E-state index in [1.807, 2.05) is 12.2 Å². The first-order valence-electron chi connectivity index (χ1n) is 8.36. The lowest BCUT2D eigenvalue weighted by Gasteiger charge is -2.54. The van der Waals surface area contributed by atoms with Gasteiger partial charge in [0.2, 0.25) is 11.4 Å². The van der Waals surface area contributed by atoms with Crippen molar-refractivity contribution in [1.29, 1.82) is 0 Å². The van der Waals surface area contributed by atoms with Crippen LogP contribution in [-0.2, 0) is 23.9 Å². The Bertz CT molecular complexity index is 602. The van der Waals surface area contributed by atoms with Gasteiger partial charge in [-0.2, -0.15) is 0 Å². The topological polar surface area (TPSA) is 102 Å². The van der Waals surface area contributed by atoms with Crippen LogP contribution in [-0.4, -0.2) is 46.8 Å². The van der Waals surface area contributed by atoms with Gasteiger partial charge in [-0.3, -0.25) is 9.59 Å². The van der Waals surface area contributed by atoms with Crippen molar-refractivity contribution in [2.45, 2.75) is 56.8 Å². The van der Waals surface area contributed by atoms with Crippen LogP contribution < -0.4 is 5.32 Å². The van der Waals surface area contributed by atoms with Crippen LogP contribution in [0.25, 0.3) is 0 Å². The highest BCUT2D eigenvalue weighted by Crippen LogP contribution is 2.53. The van der Waals surface area contributed by atoms with Gasteiger partial charge in [0.25, 0.3) is 0 Å². The van der Waals surface area contributed by atoms with Crippen molar-refractivity contribution in [2.24, 2.45) is 11.8 Å². The van der Waals surface area contributed by atoms with E-state index in [2.05, 4.69) is 5.32 Å². The zero-order valence-electron chi connectivity index (χ0n) is 13.9. The zero-order valence-corrected chi connectivity index (χ0v) is 13.9. The summed E-state index contributed by atoms with van der Waals surface area (Å²) >= 11 is 0. The van der Waals surface area contributed by atoms with Crippen molar-refractivity contribution in [3.63, 3.8) is 0 Å². The van der Waals surface area contributed by atoms with E-state index in [0.29, 0.717) is 0 Å². The normalized spacial score (nSPS) is 38.6. The third-order valence-corrected chi connectivity index (χ3v) is 5.56. The number of nitrogens with one attached hydrogen (secondary N) is 1. The Hall–Kier alpha value is -1.89. The number of carbonyl (C=O) groups excluding carboxylic acids is 3. The molecule has 2 heterocycles. The predicted molar refractivity (Wildman–Crippen MR) is 82.6 cm³/mol. The fourth-order valence-corrected chi connectivity index (χ4v) is 4.20. The number of hydrogen-bond donors (Lipinski definition) is 2. The molecule has 24 heavy (non-hydrogen) atoms. The first-order chi connectivity index (χ1) is 11.3. The minimum Gasteiger partial charge on any atom is -0.466 e. The Balaban J connectivity index is 1.82. The Morgan fingerprint density at radius 2 is 2.29 bits per heavy atom. The third kappa shape index (κ3) is 2.25. The fourth-order valence-electron chi connectivity index (χ4n) is 4.20. The van der Waals surface area contributed by atoms with Gasteiger partial charge in [-0.15, -0.1) is 0 Å². The van der Waals surface area contributed by atoms with Crippen LogP contribution in [0.15, 0.2) is 12.2 Å². The summed E-state index contributed by atoms with van der Waals surface area (Å²) in [6.45, 7) is 3.03. The van der Waals surface area contributed by atoms with Crippen LogP contribution in [0, 0.1) is 11.8 Å². The zero-order chi connectivity index (χ0) is 17.5. The summed E-state index contributed by atoms with van der Waals surface area (Å²) in [4.78, 5) is 35.6. The van der Waals surface area contributed by atoms with E-state index in [1.54, 1.807) is 6.92 Å². The molecule has 0 aromatic heterocycles. The molecule has 5 atom stereocenters. The number of rotatable bonds is 5. The molecule has 2 saturated heterocycles. The second-order valence-electron chi connectivity index (χ2n) is 6.94. The molecule has 0 aromatic carbocycles. The van der Waals surface area contributed by atoms with Gasteiger partial charge in [-0.1, -0.05) is 12.2 Å². The quantitative estimate of drug-likeness (QED) is 0.558. The Kier molecular flexibility index (Phi) is 4.15. The Morgan fingerprint density at radius 1 is 1.54 bits per heavy atom. The maximum absolute atomic E-state index is 12.4. The van der Waals surface area contributed by atoms with E-state index in [4.69, 9.17) is 9.47 Å². The van der Waals surface area contributed by atoms with Gasteiger partial charge in [0.15, 0.2) is 5.60 Å². The average Bonchev–Trinajstić information content (AvgIpc) is 2.72. The number of fused-ring (bicyclic) bond motifs is 1. The lowest BCUT2D eigenvalue weighted by atomic mass is 9.64. The summed E-state index contributed by atoms with van der Waals surface area (Å²) in [6, 6.07) is 0. The second kappa shape index (κ2) is 5.88. The summed E-state index contributed by atoms with van der Waals surface area (Å²) in [5, 5.41) is 13.6. The number of ether oxygens (including phenoxy) is 2. The third-order valence-electron chi connectivity index (χ3n) is 5.56. The Morgan fingerprint density at radius 3 is 2.88 bits per heavy atom. The van der Waals surface area contributed by atoms with Crippen molar-refractivity contribution >= 4 is 17.8 Å². The first kappa shape index (κ1) is 17.0. The minimum absolute atomic E-state index is 0.0655. The van der Waals surface area contributed by atoms with Crippen LogP contribution in [0.4, 0.5) is 0 Å². The van der Waals surface area contributed by atoms with Crippen molar-refractivity contribution in [3.8, 4) is 0 Å². The molecule has 2 aliphatic heterocycles. The van der Waals surface area contributed by atoms with E-state index < -0.39 is 35.1 Å². The fraction of sp³-hybridized carbons (Fsp3) is 0.706. The maximum atomic E-state index is 12.4. The summed E-state index contributed by atoms with van der Waals surface area (Å²) in [7, 11) is 0. The average molecular weight is 337 g/mol. The minimum atomic E-state index is -1.42. The second-order valence-corrected chi connectivity index (χ2v) is 6.94. The smallest absolute Gasteiger partial charge is 0.339 e. The standard InChI is InChI=1S/C17H23NO6/c1-10(19)23-9-8-12-14(21)18-17(15(22)24-16(12,17)2)13(20)11-6-4-3-5-7-11/h4,6,11-13,20H,3,5,7-9H2,1-2H3,(H,18,21)/t11-,12+,13+,16+,17+/m1/s1. The molecule has 1 aliphatic carbocycles. The molecule has 2 fully saturated rings. The Labute approximate surface area is 140 Å². The van der Waals surface area contributed by atoms with Crippen molar-refractivity contribution in [2.75, 3.05) is 6.61 Å². The number of carbonyl (C=O) groups is 3. The molecule has 1 amide bonds. The molecule has 3 aliphatic rings. The molecular weight excluding hydrogens is 314 g/mol. The van der Waals surface area contributed by atoms with Gasteiger partial charge in [0, 0.05) is 12.8 Å². The van der Waals surface area contributed by atoms with E-state index in [9.17, 15) is 19.5 Å². The monoisotopic (exact) mass is 337 g/mol. The van der Waals surface area contributed by atoms with E-state index in [0.717, 1.165) is 19.3 Å². The molecule has 0 aromatic rings. The largest absolute Gasteiger partial charge is 0.466 e. The van der Waals surface area contributed by atoms with Gasteiger partial charge in [0.1, 0.15) is 0 Å². The molecule has 7 heteroatoms. The van der Waals surface area contributed by atoms with Crippen LogP contribution in [0.2, 0.25) is 0 Å². The van der Waals surface area contributed by atoms with Gasteiger partial charge < -0.3 is 19.9 Å². The molecule has 2 N–H and O–H groups in total. The molecule has 132 valence electrons. The van der Waals surface area contributed by atoms with Crippen LogP contribution >= 0.6 is 0 Å². The SMILES string of the molecule is CC(=O)OCC[C@H]1C(=O)N[C@@]2([C@@H](O)[C@@H]3C=CCCC3)C(=O)O[C@@]12C. The van der Waals surface area contributed by atoms with Gasteiger partial charge in [-0.05, 0) is 32.6 Å². The highest BCUT2D eigenvalue weighted by Gasteiger charge is 2.79. The first-order valence-corrected chi connectivity index (χ1v) is 8.36. The van der Waals surface area contributed by atoms with E-state index in [-0.39, 0.29) is 24.9 Å². The lowest BCUT2D eigenvalue weighted by Crippen LogP contribution is -2.80. The molecule has 0 radical (unpaired) electrons. The van der Waals surface area contributed by atoms with Crippen LogP contribution in [0.5, 0.6) is 0 Å². The predicted octanol–water partition coefficient (Wildman–Crippen LogP) is 0.457. The van der Waals surface area contributed by atoms with E-state index >= 15 is 0 Å².